The first kappa shape index (κ1) is 14.7. The molecule has 7 heteroatoms. The van der Waals surface area contributed by atoms with Gasteiger partial charge in [-0.25, -0.2) is 4.39 Å². The SMILES string of the molecule is CCNCCCNc1cc(F)c(Cl)cc1[N+](=O)[O-]. The van der Waals surface area contributed by atoms with Gasteiger partial charge in [0.2, 0.25) is 0 Å². The molecule has 0 amide bonds. The summed E-state index contributed by atoms with van der Waals surface area (Å²) in [6.07, 6.45) is 0.787. The lowest BCUT2D eigenvalue weighted by Crippen LogP contribution is -2.17. The van der Waals surface area contributed by atoms with Gasteiger partial charge < -0.3 is 10.6 Å². The van der Waals surface area contributed by atoms with Crippen molar-refractivity contribution < 1.29 is 9.31 Å². The first-order valence-corrected chi connectivity index (χ1v) is 6.02. The van der Waals surface area contributed by atoms with Crippen LogP contribution in [-0.4, -0.2) is 24.6 Å². The molecule has 100 valence electrons. The highest BCUT2D eigenvalue weighted by Gasteiger charge is 2.17. The molecule has 0 atom stereocenters. The Morgan fingerprint density at radius 1 is 1.44 bits per heavy atom. The Morgan fingerprint density at radius 2 is 2.17 bits per heavy atom. The van der Waals surface area contributed by atoms with Crippen LogP contribution in [0.4, 0.5) is 15.8 Å². The Hall–Kier alpha value is -1.40. The van der Waals surface area contributed by atoms with E-state index in [1.54, 1.807) is 0 Å². The number of halogens is 2. The van der Waals surface area contributed by atoms with Crippen LogP contribution < -0.4 is 10.6 Å². The molecule has 0 aromatic heterocycles. The van der Waals surface area contributed by atoms with Gasteiger partial charge in [0.15, 0.2) is 0 Å². The Labute approximate surface area is 109 Å². The van der Waals surface area contributed by atoms with Gasteiger partial charge >= 0.3 is 0 Å². The summed E-state index contributed by atoms with van der Waals surface area (Å²) in [4.78, 5) is 10.2. The van der Waals surface area contributed by atoms with Crippen LogP contribution in [0, 0.1) is 15.9 Å². The number of nitrogens with one attached hydrogen (secondary N) is 2. The highest BCUT2D eigenvalue weighted by atomic mass is 35.5. The predicted molar refractivity (Wildman–Crippen MR) is 69.7 cm³/mol. The van der Waals surface area contributed by atoms with Gasteiger partial charge in [0.25, 0.3) is 5.69 Å². The molecule has 0 aliphatic carbocycles. The topological polar surface area (TPSA) is 67.2 Å². The highest BCUT2D eigenvalue weighted by molar-refractivity contribution is 6.31. The first-order valence-electron chi connectivity index (χ1n) is 5.64. The fraction of sp³-hybridized carbons (Fsp3) is 0.455. The Bertz CT molecular complexity index is 429. The van der Waals surface area contributed by atoms with Crippen molar-refractivity contribution in [3.8, 4) is 0 Å². The molecule has 1 rings (SSSR count). The number of nitrogens with zero attached hydrogens (tertiary/aromatic N) is 1. The van der Waals surface area contributed by atoms with Crippen molar-refractivity contribution in [2.24, 2.45) is 0 Å². The fourth-order valence-corrected chi connectivity index (χ4v) is 1.60. The molecule has 0 radical (unpaired) electrons. The molecule has 0 saturated heterocycles. The van der Waals surface area contributed by atoms with Crippen molar-refractivity contribution >= 4 is 23.0 Å². The van der Waals surface area contributed by atoms with Crippen LogP contribution in [0.25, 0.3) is 0 Å². The van der Waals surface area contributed by atoms with Gasteiger partial charge in [0.1, 0.15) is 11.5 Å². The van der Waals surface area contributed by atoms with E-state index in [0.717, 1.165) is 31.6 Å². The second kappa shape index (κ2) is 7.13. The van der Waals surface area contributed by atoms with Crippen molar-refractivity contribution in [2.45, 2.75) is 13.3 Å². The van der Waals surface area contributed by atoms with E-state index in [0.29, 0.717) is 6.54 Å². The molecule has 0 aliphatic heterocycles. The largest absolute Gasteiger partial charge is 0.379 e. The van der Waals surface area contributed by atoms with Crippen LogP contribution in [0.5, 0.6) is 0 Å². The second-order valence-electron chi connectivity index (χ2n) is 3.67. The summed E-state index contributed by atoms with van der Waals surface area (Å²) in [6, 6.07) is 2.07. The monoisotopic (exact) mass is 275 g/mol. The summed E-state index contributed by atoms with van der Waals surface area (Å²) in [7, 11) is 0. The summed E-state index contributed by atoms with van der Waals surface area (Å²) in [6.45, 7) is 4.19. The average Bonchev–Trinajstić information content (AvgIpc) is 2.32. The molecular formula is C11H15ClFN3O2. The number of anilines is 1. The zero-order valence-electron chi connectivity index (χ0n) is 10.0. The smallest absolute Gasteiger partial charge is 0.294 e. The standard InChI is InChI=1S/C11H15ClFN3O2/c1-2-14-4-3-5-15-10-7-9(13)8(12)6-11(10)16(17)18/h6-7,14-15H,2-5H2,1H3. The minimum atomic E-state index is -0.670. The van der Waals surface area contributed by atoms with Crippen LogP contribution in [-0.2, 0) is 0 Å². The number of nitro benzene ring substituents is 1. The van der Waals surface area contributed by atoms with E-state index in [9.17, 15) is 14.5 Å². The van der Waals surface area contributed by atoms with E-state index in [1.807, 2.05) is 6.92 Å². The molecule has 0 heterocycles. The lowest BCUT2D eigenvalue weighted by molar-refractivity contribution is -0.384. The van der Waals surface area contributed by atoms with E-state index in [1.165, 1.54) is 0 Å². The van der Waals surface area contributed by atoms with Crippen molar-refractivity contribution in [2.75, 3.05) is 25.0 Å². The van der Waals surface area contributed by atoms with Crippen LogP contribution >= 0.6 is 11.6 Å². The van der Waals surface area contributed by atoms with E-state index in [-0.39, 0.29) is 16.4 Å². The Morgan fingerprint density at radius 3 is 2.78 bits per heavy atom. The molecule has 2 N–H and O–H groups in total. The molecule has 0 spiro atoms. The minimum absolute atomic E-state index is 0.151. The lowest BCUT2D eigenvalue weighted by Gasteiger charge is -2.08. The minimum Gasteiger partial charge on any atom is -0.379 e. The molecule has 0 bridgehead atoms. The summed E-state index contributed by atoms with van der Waals surface area (Å²) >= 11 is 5.52. The first-order chi connectivity index (χ1) is 8.56. The number of hydrogen-bond donors (Lipinski definition) is 2. The van der Waals surface area contributed by atoms with E-state index in [4.69, 9.17) is 11.6 Å². The van der Waals surface area contributed by atoms with Gasteiger partial charge in [-0.05, 0) is 19.5 Å². The quantitative estimate of drug-likeness (QED) is 0.456. The molecule has 0 unspecified atom stereocenters. The maximum Gasteiger partial charge on any atom is 0.294 e. The third-order valence-electron chi connectivity index (χ3n) is 2.33. The predicted octanol–water partition coefficient (Wildman–Crippen LogP) is 2.80. The van der Waals surface area contributed by atoms with E-state index in [2.05, 4.69) is 10.6 Å². The third kappa shape index (κ3) is 4.12. The van der Waals surface area contributed by atoms with Crippen molar-refractivity contribution in [3.63, 3.8) is 0 Å². The highest BCUT2D eigenvalue weighted by Crippen LogP contribution is 2.30. The number of benzene rings is 1. The van der Waals surface area contributed by atoms with Gasteiger partial charge in [0.05, 0.1) is 9.95 Å². The van der Waals surface area contributed by atoms with E-state index < -0.39 is 10.7 Å². The number of hydrogen-bond acceptors (Lipinski definition) is 4. The summed E-state index contributed by atoms with van der Waals surface area (Å²) in [5.41, 5.74) is -0.0664. The second-order valence-corrected chi connectivity index (χ2v) is 4.08. The normalized spacial score (nSPS) is 10.4. The van der Waals surface area contributed by atoms with Gasteiger partial charge in [-0.3, -0.25) is 10.1 Å². The fourth-order valence-electron chi connectivity index (χ4n) is 1.44. The molecular weight excluding hydrogens is 261 g/mol. The van der Waals surface area contributed by atoms with Gasteiger partial charge in [0, 0.05) is 18.7 Å². The lowest BCUT2D eigenvalue weighted by atomic mass is 10.2. The molecule has 0 fully saturated rings. The van der Waals surface area contributed by atoms with Gasteiger partial charge in [-0.15, -0.1) is 0 Å². The van der Waals surface area contributed by atoms with Crippen LogP contribution in [0.15, 0.2) is 12.1 Å². The summed E-state index contributed by atoms with van der Waals surface area (Å²) in [5, 5.41) is 16.5. The molecule has 18 heavy (non-hydrogen) atoms. The van der Waals surface area contributed by atoms with E-state index >= 15 is 0 Å². The summed E-state index contributed by atoms with van der Waals surface area (Å²) in [5.74, 6) is -0.670. The zero-order valence-corrected chi connectivity index (χ0v) is 10.8. The van der Waals surface area contributed by atoms with Gasteiger partial charge in [-0.2, -0.15) is 0 Å². The van der Waals surface area contributed by atoms with Crippen LogP contribution in [0.2, 0.25) is 5.02 Å². The van der Waals surface area contributed by atoms with Crippen LogP contribution in [0.1, 0.15) is 13.3 Å². The van der Waals surface area contributed by atoms with Gasteiger partial charge in [-0.1, -0.05) is 18.5 Å². The third-order valence-corrected chi connectivity index (χ3v) is 2.62. The number of nitro groups is 1. The van der Waals surface area contributed by atoms with Crippen molar-refractivity contribution in [1.29, 1.82) is 0 Å². The molecule has 0 aliphatic rings. The molecule has 1 aromatic rings. The molecule has 1 aromatic carbocycles. The zero-order chi connectivity index (χ0) is 13.5. The number of rotatable bonds is 7. The van der Waals surface area contributed by atoms with Crippen molar-refractivity contribution in [1.82, 2.24) is 5.32 Å². The van der Waals surface area contributed by atoms with Crippen molar-refractivity contribution in [3.05, 3.63) is 33.1 Å². The average molecular weight is 276 g/mol. The molecule has 5 nitrogen and oxygen atoms in total. The van der Waals surface area contributed by atoms with Crippen LogP contribution in [0.3, 0.4) is 0 Å². The maximum atomic E-state index is 13.2. The molecule has 0 saturated carbocycles. The summed E-state index contributed by atoms with van der Waals surface area (Å²) < 4.78 is 13.2. The Kier molecular flexibility index (Phi) is 5.80. The Balaban J connectivity index is 2.68. The maximum absolute atomic E-state index is 13.2.